The zero-order valence-electron chi connectivity index (χ0n) is 25.0. The van der Waals surface area contributed by atoms with E-state index < -0.39 is 33.2 Å². The summed E-state index contributed by atoms with van der Waals surface area (Å²) in [5, 5.41) is 12.4. The van der Waals surface area contributed by atoms with E-state index in [0.29, 0.717) is 44.0 Å². The molecule has 0 radical (unpaired) electrons. The fourth-order valence-electron chi connectivity index (χ4n) is 5.24. The maximum atomic E-state index is 13.9. The predicted octanol–water partition coefficient (Wildman–Crippen LogP) is 4.50. The van der Waals surface area contributed by atoms with Crippen molar-refractivity contribution in [2.24, 2.45) is 0 Å². The molecule has 0 atom stereocenters. The van der Waals surface area contributed by atoms with Crippen molar-refractivity contribution >= 4 is 48.3 Å². The number of benzene rings is 3. The van der Waals surface area contributed by atoms with Crippen molar-refractivity contribution in [2.75, 3.05) is 32.8 Å². The molecule has 0 spiro atoms. The van der Waals surface area contributed by atoms with Crippen molar-refractivity contribution in [3.8, 4) is 27.7 Å². The Morgan fingerprint density at radius 3 is 2.11 bits per heavy atom. The lowest BCUT2D eigenvalue weighted by molar-refractivity contribution is -0.123. The van der Waals surface area contributed by atoms with Crippen molar-refractivity contribution in [1.82, 2.24) is 10.2 Å². The Bertz CT molecular complexity index is 1810. The Kier molecular flexibility index (Phi) is 10.8. The minimum Gasteiger partial charge on any atom is -0.508 e. The number of carbonyl (C=O) groups is 2. The zero-order valence-corrected chi connectivity index (χ0v) is 27.6. The number of phenolic OH excluding ortho intramolecular Hbond substituents is 1. The van der Waals surface area contributed by atoms with Crippen molar-refractivity contribution in [1.29, 1.82) is 0 Å². The largest absolute Gasteiger partial charge is 0.508 e. The molecule has 47 heavy (non-hydrogen) atoms. The first-order chi connectivity index (χ1) is 22.3. The van der Waals surface area contributed by atoms with Gasteiger partial charge in [-0.15, -0.1) is 11.3 Å². The fourth-order valence-corrected chi connectivity index (χ4v) is 8.67. The quantitative estimate of drug-likeness (QED) is 0.0841. The molecule has 1 aliphatic rings. The third-order valence-electron chi connectivity index (χ3n) is 7.56. The Morgan fingerprint density at radius 1 is 0.851 bits per heavy atom. The van der Waals surface area contributed by atoms with E-state index in [4.69, 9.17) is 9.47 Å². The topological polar surface area (TPSA) is 203 Å². The highest BCUT2D eigenvalue weighted by Gasteiger charge is 2.44. The number of piperidine rings is 1. The fraction of sp³-hybridized carbons (Fsp3) is 0.290. The van der Waals surface area contributed by atoms with Crippen LogP contribution >= 0.6 is 26.5 Å². The summed E-state index contributed by atoms with van der Waals surface area (Å²) in [4.78, 5) is 65.8. The average molecular weight is 705 g/mol. The Labute approximate surface area is 274 Å². The molecule has 1 fully saturated rings. The van der Waals surface area contributed by atoms with Crippen LogP contribution in [0.25, 0.3) is 20.5 Å². The van der Waals surface area contributed by atoms with Gasteiger partial charge in [0.15, 0.2) is 12.4 Å². The van der Waals surface area contributed by atoms with Gasteiger partial charge in [-0.1, -0.05) is 6.42 Å². The molecule has 1 aliphatic heterocycles. The van der Waals surface area contributed by atoms with Crippen LogP contribution in [0.3, 0.4) is 0 Å². The molecule has 16 heteroatoms. The number of nitrogens with one attached hydrogen (secondary N) is 1. The van der Waals surface area contributed by atoms with Crippen LogP contribution in [0.2, 0.25) is 0 Å². The number of ketones is 1. The monoisotopic (exact) mass is 704 g/mol. The SMILES string of the molecule is O=C(COc1ccc(-c2sc3cc(O)ccc3c2C(=O)c2ccc(OCCN3CCCCC3)cc2)cc1)NC(P(=O)(O)O)P(=O)(O)O. The zero-order chi connectivity index (χ0) is 33.8. The maximum absolute atomic E-state index is 13.9. The molecule has 1 aromatic heterocycles. The van der Waals surface area contributed by atoms with Crippen LogP contribution in [0.15, 0.2) is 66.7 Å². The number of likely N-dealkylation sites (tertiary alicyclic amines) is 1. The molecule has 5 rings (SSSR count). The molecule has 0 saturated carbocycles. The highest BCUT2D eigenvalue weighted by Crippen LogP contribution is 2.58. The number of ether oxygens (including phenoxy) is 2. The normalized spacial score (nSPS) is 14.3. The van der Waals surface area contributed by atoms with E-state index in [0.717, 1.165) is 19.6 Å². The molecular weight excluding hydrogens is 670 g/mol. The first-order valence-electron chi connectivity index (χ1n) is 14.7. The number of fused-ring (bicyclic) bond motifs is 1. The molecular formula is C31H34N2O11P2S. The van der Waals surface area contributed by atoms with E-state index in [9.17, 15) is 43.4 Å². The second-order valence-electron chi connectivity index (χ2n) is 11.0. The first kappa shape index (κ1) is 34.7. The number of aromatic hydroxyl groups is 1. The summed E-state index contributed by atoms with van der Waals surface area (Å²) >= 11 is 1.31. The molecule has 0 bridgehead atoms. The lowest BCUT2D eigenvalue weighted by Gasteiger charge is -2.26. The standard InChI is InChI=1S/C31H34N2O11P2S/c34-22-8-13-25-26(18-22)47-30(21-6-11-24(12-7-21)44-19-27(35)32-31(45(37,38)39)46(40,41)42)28(25)29(36)20-4-9-23(10-5-20)43-17-16-33-14-2-1-3-15-33/h4-13,18,31,34H,1-3,14-17,19H2,(H,32,35)(H2,37,38,39)(H2,40,41,42). The molecule has 2 heterocycles. The molecule has 6 N–H and O–H groups in total. The van der Waals surface area contributed by atoms with Gasteiger partial charge in [0, 0.05) is 32.6 Å². The molecule has 250 valence electrons. The van der Waals surface area contributed by atoms with Crippen LogP contribution in [0, 0.1) is 0 Å². The van der Waals surface area contributed by atoms with Gasteiger partial charge in [0.1, 0.15) is 23.9 Å². The Hall–Kier alpha value is -3.58. The lowest BCUT2D eigenvalue weighted by Crippen LogP contribution is -2.37. The van der Waals surface area contributed by atoms with E-state index in [1.165, 1.54) is 48.8 Å². The van der Waals surface area contributed by atoms with Crippen LogP contribution in [0.4, 0.5) is 0 Å². The second-order valence-corrected chi connectivity index (χ2v) is 15.9. The summed E-state index contributed by atoms with van der Waals surface area (Å²) in [5.41, 5.74) is -1.15. The second kappa shape index (κ2) is 14.7. The van der Waals surface area contributed by atoms with Crippen molar-refractivity contribution < 1.29 is 52.9 Å². The predicted molar refractivity (Wildman–Crippen MR) is 176 cm³/mol. The number of nitrogens with zero attached hydrogens (tertiary/aromatic N) is 1. The first-order valence-corrected chi connectivity index (χ1v) is 18.9. The van der Waals surface area contributed by atoms with Gasteiger partial charge in [-0.3, -0.25) is 23.6 Å². The summed E-state index contributed by atoms with van der Waals surface area (Å²) < 4.78 is 34.8. The number of amides is 1. The van der Waals surface area contributed by atoms with Gasteiger partial charge in [-0.25, -0.2) is 0 Å². The van der Waals surface area contributed by atoms with E-state index in [2.05, 4.69) is 4.90 Å². The van der Waals surface area contributed by atoms with Gasteiger partial charge >= 0.3 is 15.2 Å². The maximum Gasteiger partial charge on any atom is 0.360 e. The number of phenols is 1. The third kappa shape index (κ3) is 8.86. The number of hydrogen-bond acceptors (Lipinski definition) is 9. The van der Waals surface area contributed by atoms with Gasteiger partial charge < -0.3 is 39.5 Å². The molecule has 13 nitrogen and oxygen atoms in total. The molecule has 3 aromatic carbocycles. The summed E-state index contributed by atoms with van der Waals surface area (Å²) in [5.74, 6) is -0.477. The van der Waals surface area contributed by atoms with Gasteiger partial charge in [0.2, 0.25) is 5.52 Å². The lowest BCUT2D eigenvalue weighted by atomic mass is 9.97. The summed E-state index contributed by atoms with van der Waals surface area (Å²) in [7, 11) is -10.7. The Morgan fingerprint density at radius 2 is 1.47 bits per heavy atom. The van der Waals surface area contributed by atoms with Gasteiger partial charge in [0.05, 0.1) is 0 Å². The van der Waals surface area contributed by atoms with Gasteiger partial charge in [0.25, 0.3) is 5.91 Å². The average Bonchev–Trinajstić information content (AvgIpc) is 3.41. The van der Waals surface area contributed by atoms with Gasteiger partial charge in [-0.05, 0) is 98.2 Å². The van der Waals surface area contributed by atoms with Crippen molar-refractivity contribution in [3.05, 3.63) is 77.9 Å². The van der Waals surface area contributed by atoms with E-state index in [1.807, 2.05) is 0 Å². The number of hydrogen-bond donors (Lipinski definition) is 6. The Balaban J connectivity index is 1.30. The highest BCUT2D eigenvalue weighted by atomic mass is 32.1. The smallest absolute Gasteiger partial charge is 0.360 e. The minimum atomic E-state index is -5.35. The van der Waals surface area contributed by atoms with Crippen LogP contribution in [-0.2, 0) is 13.9 Å². The molecule has 0 unspecified atom stereocenters. The van der Waals surface area contributed by atoms with Gasteiger partial charge in [-0.2, -0.15) is 0 Å². The number of thiophene rings is 1. The third-order valence-corrected chi connectivity index (χ3v) is 12.1. The van der Waals surface area contributed by atoms with Crippen LogP contribution in [-0.4, -0.2) is 79.6 Å². The van der Waals surface area contributed by atoms with E-state index >= 15 is 0 Å². The minimum absolute atomic E-state index is 0.0529. The molecule has 4 aromatic rings. The number of carbonyl (C=O) groups excluding carboxylic acids is 2. The molecule has 1 amide bonds. The van der Waals surface area contributed by atoms with E-state index in [1.54, 1.807) is 53.8 Å². The van der Waals surface area contributed by atoms with Crippen molar-refractivity contribution in [3.63, 3.8) is 0 Å². The van der Waals surface area contributed by atoms with Crippen LogP contribution in [0.5, 0.6) is 17.2 Å². The van der Waals surface area contributed by atoms with Crippen molar-refractivity contribution in [2.45, 2.75) is 24.8 Å². The summed E-state index contributed by atoms with van der Waals surface area (Å²) in [6.45, 7) is 2.80. The highest BCUT2D eigenvalue weighted by molar-refractivity contribution is 7.70. The summed E-state index contributed by atoms with van der Waals surface area (Å²) in [6, 6.07) is 18.1. The van der Waals surface area contributed by atoms with Crippen LogP contribution in [0.1, 0.15) is 35.2 Å². The van der Waals surface area contributed by atoms with E-state index in [-0.39, 0.29) is 17.3 Å². The van der Waals surface area contributed by atoms with Crippen LogP contribution < -0.4 is 14.8 Å². The molecule has 0 aliphatic carbocycles. The number of rotatable bonds is 13. The summed E-state index contributed by atoms with van der Waals surface area (Å²) in [6.07, 6.45) is 3.69. The molecule has 1 saturated heterocycles.